The minimum atomic E-state index is -0.585. The van der Waals surface area contributed by atoms with Crippen LogP contribution in [0, 0.1) is 5.41 Å². The molecular weight excluding hydrogens is 644 g/mol. The number of ether oxygens (including phenoxy) is 4. The molecule has 2 amide bonds. The van der Waals surface area contributed by atoms with Gasteiger partial charge in [-0.3, -0.25) is 9.59 Å². The van der Waals surface area contributed by atoms with Gasteiger partial charge in [0.05, 0.1) is 25.3 Å². The molecule has 0 bridgehead atoms. The Hall–Kier alpha value is -4.53. The highest BCUT2D eigenvalue weighted by atomic mass is 16.6. The molecule has 2 aliphatic rings. The number of nitrogens with zero attached hydrogens (tertiary/aromatic N) is 2. The SMILES string of the molecule is CCN(C(=O)c1ccc(C2CCN(C(=O)OC(C)(C)C)CC2)cc1)c1cc(OC)c(OC)cc1[C@@H]1CCc2cc(OC(=O)C(C)(C)C)ccc2C1. The third-order valence-electron chi connectivity index (χ3n) is 9.83. The van der Waals surface area contributed by atoms with Gasteiger partial charge in [-0.25, -0.2) is 4.79 Å². The summed E-state index contributed by atoms with van der Waals surface area (Å²) in [5.74, 6) is 1.85. The normalized spacial score (nSPS) is 16.6. The fourth-order valence-electron chi connectivity index (χ4n) is 6.96. The van der Waals surface area contributed by atoms with Crippen molar-refractivity contribution in [1.82, 2.24) is 4.90 Å². The van der Waals surface area contributed by atoms with E-state index in [2.05, 4.69) is 18.2 Å². The third-order valence-corrected chi connectivity index (χ3v) is 9.83. The van der Waals surface area contributed by atoms with E-state index in [1.165, 1.54) is 16.7 Å². The number of aryl methyl sites for hydroxylation is 1. The highest BCUT2D eigenvalue weighted by molar-refractivity contribution is 6.06. The van der Waals surface area contributed by atoms with Crippen molar-refractivity contribution in [1.29, 1.82) is 0 Å². The van der Waals surface area contributed by atoms with Crippen LogP contribution in [-0.2, 0) is 22.4 Å². The van der Waals surface area contributed by atoms with Gasteiger partial charge in [0.1, 0.15) is 11.4 Å². The maximum absolute atomic E-state index is 14.2. The molecule has 9 nitrogen and oxygen atoms in total. The number of carbonyl (C=O) groups is 3. The second kappa shape index (κ2) is 15.4. The lowest BCUT2D eigenvalue weighted by Crippen LogP contribution is -2.41. The maximum atomic E-state index is 14.2. The van der Waals surface area contributed by atoms with Crippen molar-refractivity contribution in [2.75, 3.05) is 38.8 Å². The quantitative estimate of drug-likeness (QED) is 0.172. The van der Waals surface area contributed by atoms with Crippen LogP contribution < -0.4 is 19.1 Å². The van der Waals surface area contributed by atoms with Crippen molar-refractivity contribution >= 4 is 23.7 Å². The number of hydrogen-bond acceptors (Lipinski definition) is 7. The molecule has 3 aromatic rings. The molecule has 0 aromatic heterocycles. The molecule has 1 atom stereocenters. The van der Waals surface area contributed by atoms with E-state index < -0.39 is 11.0 Å². The summed E-state index contributed by atoms with van der Waals surface area (Å²) in [5.41, 5.74) is 4.89. The Morgan fingerprint density at radius 1 is 0.804 bits per heavy atom. The molecule has 1 aliphatic carbocycles. The molecule has 0 N–H and O–H groups in total. The molecule has 1 saturated heterocycles. The number of esters is 1. The van der Waals surface area contributed by atoms with E-state index in [0.29, 0.717) is 48.4 Å². The van der Waals surface area contributed by atoms with Crippen LogP contribution in [0.25, 0.3) is 0 Å². The molecule has 9 heteroatoms. The lowest BCUT2D eigenvalue weighted by molar-refractivity contribution is -0.143. The van der Waals surface area contributed by atoms with E-state index in [9.17, 15) is 14.4 Å². The number of benzene rings is 3. The first-order valence-corrected chi connectivity index (χ1v) is 18.1. The maximum Gasteiger partial charge on any atom is 0.410 e. The zero-order valence-corrected chi connectivity index (χ0v) is 31.8. The molecule has 1 heterocycles. The Morgan fingerprint density at radius 3 is 2.04 bits per heavy atom. The van der Waals surface area contributed by atoms with Gasteiger partial charge in [-0.2, -0.15) is 0 Å². The predicted molar refractivity (Wildman–Crippen MR) is 199 cm³/mol. The Labute approximate surface area is 303 Å². The van der Waals surface area contributed by atoms with Crippen LogP contribution in [-0.4, -0.2) is 62.3 Å². The zero-order chi connectivity index (χ0) is 37.1. The van der Waals surface area contributed by atoms with E-state index in [1.807, 2.05) is 89.8 Å². The largest absolute Gasteiger partial charge is 0.493 e. The number of fused-ring (bicyclic) bond motifs is 1. The molecule has 51 heavy (non-hydrogen) atoms. The molecule has 3 aromatic carbocycles. The van der Waals surface area contributed by atoms with Gasteiger partial charge >= 0.3 is 12.1 Å². The van der Waals surface area contributed by atoms with E-state index in [-0.39, 0.29) is 23.9 Å². The summed E-state index contributed by atoms with van der Waals surface area (Å²) >= 11 is 0. The number of likely N-dealkylation sites (tertiary alicyclic amines) is 1. The van der Waals surface area contributed by atoms with Crippen LogP contribution in [0.5, 0.6) is 17.2 Å². The second-order valence-corrected chi connectivity index (χ2v) is 15.7. The summed E-state index contributed by atoms with van der Waals surface area (Å²) in [4.78, 5) is 42.9. The lowest BCUT2D eigenvalue weighted by atomic mass is 9.79. The number of piperidine rings is 1. The number of methoxy groups -OCH3 is 2. The van der Waals surface area contributed by atoms with Crippen LogP contribution in [0.2, 0.25) is 0 Å². The standard InChI is InChI=1S/C42H54N2O7/c1-10-44(38(45)29-13-11-27(12-14-29)28-19-21-43(22-20-28)40(47)51-42(5,6)7)35-26-37(49-9)36(48-8)25-34(35)32-16-15-31-24-33(18-17-30(31)23-32)50-39(46)41(2,3)4/h11-14,17-18,24-26,28,32H,10,15-16,19-23H2,1-9H3/t32-/m1/s1. The van der Waals surface area contributed by atoms with E-state index >= 15 is 0 Å². The average Bonchev–Trinajstić information content (AvgIpc) is 3.10. The van der Waals surface area contributed by atoms with Gasteiger partial charge in [0.15, 0.2) is 11.5 Å². The first kappa shape index (κ1) is 37.7. The van der Waals surface area contributed by atoms with Crippen molar-refractivity contribution in [2.45, 2.75) is 98.0 Å². The van der Waals surface area contributed by atoms with Crippen LogP contribution in [0.3, 0.4) is 0 Å². The second-order valence-electron chi connectivity index (χ2n) is 15.7. The Kier molecular flexibility index (Phi) is 11.4. The van der Waals surface area contributed by atoms with Crippen LogP contribution in [0.1, 0.15) is 112 Å². The van der Waals surface area contributed by atoms with Crippen molar-refractivity contribution in [3.8, 4) is 17.2 Å². The monoisotopic (exact) mass is 698 g/mol. The van der Waals surface area contributed by atoms with Crippen molar-refractivity contribution < 1.29 is 33.3 Å². The molecule has 0 unspecified atom stereocenters. The first-order valence-electron chi connectivity index (χ1n) is 18.1. The summed E-state index contributed by atoms with van der Waals surface area (Å²) in [7, 11) is 3.24. The minimum Gasteiger partial charge on any atom is -0.493 e. The number of amides is 2. The molecular formula is C42H54N2O7. The van der Waals surface area contributed by atoms with Crippen LogP contribution >= 0.6 is 0 Å². The Morgan fingerprint density at radius 2 is 1.45 bits per heavy atom. The minimum absolute atomic E-state index is 0.0845. The number of hydrogen-bond donors (Lipinski definition) is 0. The van der Waals surface area contributed by atoms with Crippen molar-refractivity contribution in [3.63, 3.8) is 0 Å². The molecule has 0 saturated carbocycles. The van der Waals surface area contributed by atoms with E-state index in [0.717, 1.165) is 43.4 Å². The fourth-order valence-corrected chi connectivity index (χ4v) is 6.96. The summed E-state index contributed by atoms with van der Waals surface area (Å²) in [5, 5.41) is 0. The van der Waals surface area contributed by atoms with Gasteiger partial charge in [-0.15, -0.1) is 0 Å². The predicted octanol–water partition coefficient (Wildman–Crippen LogP) is 8.71. The highest BCUT2D eigenvalue weighted by Crippen LogP contribution is 2.44. The molecule has 274 valence electrons. The summed E-state index contributed by atoms with van der Waals surface area (Å²) < 4.78 is 22.7. The lowest BCUT2D eigenvalue weighted by Gasteiger charge is -2.33. The van der Waals surface area contributed by atoms with Gasteiger partial charge in [-0.1, -0.05) is 18.2 Å². The Balaban J connectivity index is 1.35. The smallest absolute Gasteiger partial charge is 0.410 e. The van der Waals surface area contributed by atoms with Gasteiger partial charge < -0.3 is 28.7 Å². The van der Waals surface area contributed by atoms with Crippen molar-refractivity contribution in [2.24, 2.45) is 5.41 Å². The highest BCUT2D eigenvalue weighted by Gasteiger charge is 2.31. The molecule has 1 aliphatic heterocycles. The van der Waals surface area contributed by atoms with Gasteiger partial charge in [0.2, 0.25) is 0 Å². The number of anilines is 1. The number of carbonyl (C=O) groups excluding carboxylic acids is 3. The topological polar surface area (TPSA) is 94.6 Å². The third kappa shape index (κ3) is 8.86. The molecule has 0 radical (unpaired) electrons. The van der Waals surface area contributed by atoms with Gasteiger partial charge in [0, 0.05) is 31.3 Å². The average molecular weight is 699 g/mol. The molecule has 0 spiro atoms. The van der Waals surface area contributed by atoms with Crippen molar-refractivity contribution in [3.05, 3.63) is 82.4 Å². The first-order chi connectivity index (χ1) is 24.1. The summed E-state index contributed by atoms with van der Waals surface area (Å²) in [6.07, 6.45) is 3.87. The van der Waals surface area contributed by atoms with E-state index in [4.69, 9.17) is 18.9 Å². The molecule has 5 rings (SSSR count). The Bertz CT molecular complexity index is 1730. The van der Waals surface area contributed by atoms with Gasteiger partial charge in [0.25, 0.3) is 5.91 Å². The summed E-state index contributed by atoms with van der Waals surface area (Å²) in [6.45, 7) is 14.9. The molecule has 1 fully saturated rings. The number of rotatable bonds is 8. The zero-order valence-electron chi connectivity index (χ0n) is 31.8. The van der Waals surface area contributed by atoms with Crippen LogP contribution in [0.4, 0.5) is 10.5 Å². The van der Waals surface area contributed by atoms with Gasteiger partial charge in [-0.05, 0) is 145 Å². The van der Waals surface area contributed by atoms with Crippen LogP contribution in [0.15, 0.2) is 54.6 Å². The fraction of sp³-hybridized carbons (Fsp3) is 0.500. The summed E-state index contributed by atoms with van der Waals surface area (Å²) in [6, 6.07) is 17.8. The van der Waals surface area contributed by atoms with E-state index in [1.54, 1.807) is 19.1 Å².